The number of hydrogen-bond acceptors (Lipinski definition) is 4. The lowest BCUT2D eigenvalue weighted by Gasteiger charge is -2.36. The first kappa shape index (κ1) is 15.7. The van der Waals surface area contributed by atoms with Crippen LogP contribution in [0.25, 0.3) is 0 Å². The fraction of sp³-hybridized carbons (Fsp3) is 1.00. The summed E-state index contributed by atoms with van der Waals surface area (Å²) in [4.78, 5) is 5.32. The Bertz CT molecular complexity index is 319. The molecule has 3 fully saturated rings. The molecule has 0 aromatic heterocycles. The number of nitrogens with two attached hydrogens (primary N) is 1. The molecule has 122 valence electrons. The minimum Gasteiger partial charge on any atom is -0.379 e. The summed E-state index contributed by atoms with van der Waals surface area (Å²) >= 11 is 0. The maximum Gasteiger partial charge on any atom is 0.0594 e. The molecule has 4 unspecified atom stereocenters. The Morgan fingerprint density at radius 2 is 1.90 bits per heavy atom. The van der Waals surface area contributed by atoms with Gasteiger partial charge in [0.25, 0.3) is 0 Å². The van der Waals surface area contributed by atoms with Crippen molar-refractivity contribution in [2.45, 2.75) is 51.1 Å². The molecular weight excluding hydrogens is 262 g/mol. The van der Waals surface area contributed by atoms with Crippen LogP contribution < -0.4 is 5.73 Å². The molecule has 21 heavy (non-hydrogen) atoms. The molecule has 2 heterocycles. The second kappa shape index (κ2) is 7.40. The van der Waals surface area contributed by atoms with Gasteiger partial charge in [-0.25, -0.2) is 0 Å². The second-order valence-corrected chi connectivity index (χ2v) is 7.36. The van der Waals surface area contributed by atoms with Crippen molar-refractivity contribution in [1.82, 2.24) is 9.80 Å². The molecule has 2 aliphatic heterocycles. The van der Waals surface area contributed by atoms with E-state index in [1.54, 1.807) is 0 Å². The first-order chi connectivity index (χ1) is 10.3. The quantitative estimate of drug-likeness (QED) is 0.854. The van der Waals surface area contributed by atoms with Crippen LogP contribution in [0.5, 0.6) is 0 Å². The maximum atomic E-state index is 6.40. The van der Waals surface area contributed by atoms with E-state index in [0.717, 1.165) is 44.2 Å². The molecule has 0 aromatic rings. The fourth-order valence-corrected chi connectivity index (χ4v) is 4.52. The van der Waals surface area contributed by atoms with Gasteiger partial charge in [-0.05, 0) is 44.1 Å². The number of hydrogen-bond donors (Lipinski definition) is 1. The molecule has 2 N–H and O–H groups in total. The predicted molar refractivity (Wildman–Crippen MR) is 86.3 cm³/mol. The molecule has 4 nitrogen and oxygen atoms in total. The number of rotatable bonds is 4. The molecule has 0 radical (unpaired) electrons. The summed E-state index contributed by atoms with van der Waals surface area (Å²) in [5.74, 6) is 1.65. The smallest absolute Gasteiger partial charge is 0.0594 e. The van der Waals surface area contributed by atoms with Gasteiger partial charge < -0.3 is 15.4 Å². The Morgan fingerprint density at radius 3 is 2.67 bits per heavy atom. The van der Waals surface area contributed by atoms with Gasteiger partial charge in [-0.15, -0.1) is 0 Å². The second-order valence-electron chi connectivity index (χ2n) is 7.36. The summed E-state index contributed by atoms with van der Waals surface area (Å²) in [5, 5.41) is 0. The Labute approximate surface area is 130 Å². The van der Waals surface area contributed by atoms with Crippen LogP contribution in [0.3, 0.4) is 0 Å². The fourth-order valence-electron chi connectivity index (χ4n) is 4.52. The van der Waals surface area contributed by atoms with Gasteiger partial charge in [0.2, 0.25) is 0 Å². The van der Waals surface area contributed by atoms with E-state index in [1.165, 1.54) is 51.7 Å². The molecule has 0 amide bonds. The zero-order chi connectivity index (χ0) is 14.7. The molecule has 4 atom stereocenters. The molecule has 4 heteroatoms. The van der Waals surface area contributed by atoms with E-state index in [2.05, 4.69) is 16.7 Å². The third-order valence-electron chi connectivity index (χ3n) is 6.03. The van der Waals surface area contributed by atoms with Gasteiger partial charge >= 0.3 is 0 Å². The lowest BCUT2D eigenvalue weighted by Crippen LogP contribution is -2.46. The van der Waals surface area contributed by atoms with E-state index in [9.17, 15) is 0 Å². The van der Waals surface area contributed by atoms with E-state index in [-0.39, 0.29) is 0 Å². The van der Waals surface area contributed by atoms with Crippen molar-refractivity contribution in [1.29, 1.82) is 0 Å². The van der Waals surface area contributed by atoms with Crippen molar-refractivity contribution in [3.8, 4) is 0 Å². The van der Waals surface area contributed by atoms with Crippen molar-refractivity contribution < 1.29 is 4.74 Å². The van der Waals surface area contributed by atoms with Gasteiger partial charge in [-0.2, -0.15) is 0 Å². The molecule has 1 saturated carbocycles. The zero-order valence-electron chi connectivity index (χ0n) is 13.7. The highest BCUT2D eigenvalue weighted by atomic mass is 16.5. The molecule has 1 aliphatic carbocycles. The third-order valence-corrected chi connectivity index (χ3v) is 6.03. The average molecular weight is 295 g/mol. The van der Waals surface area contributed by atoms with Crippen molar-refractivity contribution in [3.63, 3.8) is 0 Å². The average Bonchev–Trinajstić information content (AvgIpc) is 2.99. The highest BCUT2D eigenvalue weighted by Gasteiger charge is 2.33. The van der Waals surface area contributed by atoms with E-state index in [0.29, 0.717) is 6.04 Å². The SMILES string of the molecule is CCC1CCC(N)C(CN2CCC(N3CCOCC3)C2)C1. The van der Waals surface area contributed by atoms with Gasteiger partial charge in [0.15, 0.2) is 0 Å². The van der Waals surface area contributed by atoms with Crippen LogP contribution in [-0.4, -0.2) is 67.8 Å². The molecular formula is C17H33N3O. The maximum absolute atomic E-state index is 6.40. The highest BCUT2D eigenvalue weighted by molar-refractivity contribution is 4.89. The minimum atomic E-state index is 0.440. The van der Waals surface area contributed by atoms with Crippen LogP contribution in [0, 0.1) is 11.8 Å². The molecule has 0 bridgehead atoms. The van der Waals surface area contributed by atoms with Crippen LogP contribution in [0.4, 0.5) is 0 Å². The normalized spacial score (nSPS) is 39.7. The van der Waals surface area contributed by atoms with Gasteiger partial charge in [0, 0.05) is 38.3 Å². The Morgan fingerprint density at radius 1 is 1.10 bits per heavy atom. The van der Waals surface area contributed by atoms with Crippen LogP contribution in [0.15, 0.2) is 0 Å². The van der Waals surface area contributed by atoms with Gasteiger partial charge in [0.1, 0.15) is 0 Å². The number of ether oxygens (including phenoxy) is 1. The monoisotopic (exact) mass is 295 g/mol. The number of likely N-dealkylation sites (tertiary alicyclic amines) is 1. The Balaban J connectivity index is 1.47. The lowest BCUT2D eigenvalue weighted by atomic mass is 9.77. The Hall–Kier alpha value is -0.160. The summed E-state index contributed by atoms with van der Waals surface area (Å²) < 4.78 is 5.47. The number of morpholine rings is 1. The van der Waals surface area contributed by atoms with Crippen LogP contribution >= 0.6 is 0 Å². The van der Waals surface area contributed by atoms with E-state index in [4.69, 9.17) is 10.5 Å². The first-order valence-corrected chi connectivity index (χ1v) is 9.06. The standard InChI is InChI=1S/C17H33N3O/c1-2-14-3-4-17(18)15(11-14)12-19-6-5-16(13-19)20-7-9-21-10-8-20/h14-17H,2-13,18H2,1H3. The Kier molecular flexibility index (Phi) is 5.54. The van der Waals surface area contributed by atoms with Gasteiger partial charge in [0.05, 0.1) is 13.2 Å². The van der Waals surface area contributed by atoms with Crippen LogP contribution in [0.2, 0.25) is 0 Å². The molecule has 0 aromatic carbocycles. The van der Waals surface area contributed by atoms with Crippen molar-refractivity contribution >= 4 is 0 Å². The number of nitrogens with zero attached hydrogens (tertiary/aromatic N) is 2. The lowest BCUT2D eigenvalue weighted by molar-refractivity contribution is 0.0179. The first-order valence-electron chi connectivity index (χ1n) is 9.06. The van der Waals surface area contributed by atoms with Crippen molar-refractivity contribution in [3.05, 3.63) is 0 Å². The van der Waals surface area contributed by atoms with Gasteiger partial charge in [-0.3, -0.25) is 4.90 Å². The van der Waals surface area contributed by atoms with Crippen molar-refractivity contribution in [2.75, 3.05) is 45.9 Å². The summed E-state index contributed by atoms with van der Waals surface area (Å²) in [6.45, 7) is 10.2. The molecule has 3 aliphatic rings. The van der Waals surface area contributed by atoms with Crippen LogP contribution in [0.1, 0.15) is 39.0 Å². The van der Waals surface area contributed by atoms with E-state index in [1.807, 2.05) is 0 Å². The van der Waals surface area contributed by atoms with E-state index < -0.39 is 0 Å². The summed E-state index contributed by atoms with van der Waals surface area (Å²) in [5.41, 5.74) is 6.40. The van der Waals surface area contributed by atoms with Gasteiger partial charge in [-0.1, -0.05) is 13.3 Å². The predicted octanol–water partition coefficient (Wildman–Crippen LogP) is 1.55. The molecule has 2 saturated heterocycles. The topological polar surface area (TPSA) is 41.7 Å². The van der Waals surface area contributed by atoms with Crippen molar-refractivity contribution in [2.24, 2.45) is 17.6 Å². The molecule has 3 rings (SSSR count). The van der Waals surface area contributed by atoms with Crippen LogP contribution in [-0.2, 0) is 4.74 Å². The summed E-state index contributed by atoms with van der Waals surface area (Å²) in [6, 6.07) is 1.20. The largest absolute Gasteiger partial charge is 0.379 e. The summed E-state index contributed by atoms with van der Waals surface area (Å²) in [7, 11) is 0. The minimum absolute atomic E-state index is 0.440. The third kappa shape index (κ3) is 3.98. The molecule has 0 spiro atoms. The van der Waals surface area contributed by atoms with E-state index >= 15 is 0 Å². The highest BCUT2D eigenvalue weighted by Crippen LogP contribution is 2.31. The summed E-state index contributed by atoms with van der Waals surface area (Å²) in [6.07, 6.45) is 6.61. The zero-order valence-corrected chi connectivity index (χ0v) is 13.7.